The van der Waals surface area contributed by atoms with Crippen LogP contribution in [0.15, 0.2) is 182 Å². The molecule has 7 aromatic rings. The van der Waals surface area contributed by atoms with E-state index < -0.39 is 35.1 Å². The summed E-state index contributed by atoms with van der Waals surface area (Å²) in [5.41, 5.74) is 10.8. The molecule has 7 aromatic carbocycles. The lowest BCUT2D eigenvalue weighted by atomic mass is 10.0. The Morgan fingerprint density at radius 1 is 0.307 bits per heavy atom. The molecule has 0 radical (unpaired) electrons. The van der Waals surface area contributed by atoms with Gasteiger partial charge in [0, 0.05) is 33.4 Å². The number of hydrogen-bond acceptors (Lipinski definition) is 12. The first-order valence-corrected chi connectivity index (χ1v) is 24.1. The number of nitrogens with zero attached hydrogens (tertiary/aromatic N) is 3. The summed E-state index contributed by atoms with van der Waals surface area (Å²) in [7, 11) is 0. The molecule has 0 bridgehead atoms. The maximum absolute atomic E-state index is 14.2. The van der Waals surface area contributed by atoms with Crippen LogP contribution in [0.5, 0.6) is 0 Å². The van der Waals surface area contributed by atoms with Gasteiger partial charge in [-0.15, -0.1) is 0 Å². The third kappa shape index (κ3) is 14.7. The first kappa shape index (κ1) is 53.6. The van der Waals surface area contributed by atoms with Crippen molar-refractivity contribution in [2.75, 3.05) is 31.3 Å². The Balaban J connectivity index is 1.33. The standard InChI is InChI=1S/C60H60N6O9/c1-58(2,3)73-55(70)64(49-31-25-43(26-32-49)52(67)40-19-13-10-14-20-40)61-46-37-47(62-65(56(71)74-59(4,5)6)50-33-27-44(28-34-50)53(68)41-21-15-11-16-22-41)39-48(38-46)63-66(57(72)75-60(7,8)9)51-35-29-45(30-36-51)54(69)42-23-17-12-18-24-42/h10-39,61-63H,1-9H3. The Kier molecular flexibility index (Phi) is 16.2. The van der Waals surface area contributed by atoms with E-state index in [2.05, 4.69) is 16.3 Å². The van der Waals surface area contributed by atoms with E-state index in [0.29, 0.717) is 50.4 Å². The fraction of sp³-hybridized carbons (Fsp3) is 0.200. The van der Waals surface area contributed by atoms with Crippen LogP contribution in [0.4, 0.5) is 48.5 Å². The summed E-state index contributed by atoms with van der Waals surface area (Å²) in [5, 5.41) is 3.48. The summed E-state index contributed by atoms with van der Waals surface area (Å²) in [6.45, 7) is 15.5. The van der Waals surface area contributed by atoms with Gasteiger partial charge in [-0.2, -0.15) is 15.0 Å². The van der Waals surface area contributed by atoms with E-state index in [1.165, 1.54) is 0 Å². The molecule has 15 nitrogen and oxygen atoms in total. The number of amides is 3. The van der Waals surface area contributed by atoms with Crippen molar-refractivity contribution < 1.29 is 43.0 Å². The number of nitrogens with one attached hydrogen (secondary N) is 3. The van der Waals surface area contributed by atoms with Crippen molar-refractivity contribution in [3.8, 4) is 0 Å². The number of hydrazine groups is 3. The van der Waals surface area contributed by atoms with Gasteiger partial charge in [0.2, 0.25) is 0 Å². The summed E-state index contributed by atoms with van der Waals surface area (Å²) in [6.07, 6.45) is -2.42. The Bertz CT molecular complexity index is 2800. The van der Waals surface area contributed by atoms with Gasteiger partial charge in [-0.3, -0.25) is 30.7 Å². The lowest BCUT2D eigenvalue weighted by Gasteiger charge is -2.31. The quantitative estimate of drug-likeness (QED) is 0.0504. The van der Waals surface area contributed by atoms with Crippen molar-refractivity contribution >= 4 is 69.8 Å². The summed E-state index contributed by atoms with van der Waals surface area (Å²) < 4.78 is 17.6. The molecule has 0 fully saturated rings. The van der Waals surface area contributed by atoms with Gasteiger partial charge in [0.05, 0.1) is 34.1 Å². The predicted molar refractivity (Wildman–Crippen MR) is 292 cm³/mol. The molecule has 0 heterocycles. The topological polar surface area (TPSA) is 176 Å². The minimum Gasteiger partial charge on any atom is -0.442 e. The number of ether oxygens (including phenoxy) is 3. The average molecular weight is 1010 g/mol. The van der Waals surface area contributed by atoms with Crippen LogP contribution in [0, 0.1) is 0 Å². The highest BCUT2D eigenvalue weighted by atomic mass is 16.6. The van der Waals surface area contributed by atoms with Gasteiger partial charge in [-0.05, 0) is 153 Å². The highest BCUT2D eigenvalue weighted by molar-refractivity contribution is 6.11. The molecule has 3 N–H and O–H groups in total. The van der Waals surface area contributed by atoms with Crippen molar-refractivity contribution in [3.63, 3.8) is 0 Å². The molecule has 384 valence electrons. The molecule has 0 aliphatic heterocycles. The van der Waals surface area contributed by atoms with Gasteiger partial charge in [0.25, 0.3) is 0 Å². The third-order valence-electron chi connectivity index (χ3n) is 10.7. The second kappa shape index (κ2) is 22.7. The largest absolute Gasteiger partial charge is 0.442 e. The Morgan fingerprint density at radius 3 is 0.707 bits per heavy atom. The molecule has 0 aromatic heterocycles. The van der Waals surface area contributed by atoms with Crippen LogP contribution < -0.4 is 31.3 Å². The third-order valence-corrected chi connectivity index (χ3v) is 10.7. The normalized spacial score (nSPS) is 11.3. The Hall–Kier alpha value is -9.24. The van der Waals surface area contributed by atoms with Crippen molar-refractivity contribution in [1.82, 2.24) is 0 Å². The molecule has 0 saturated heterocycles. The van der Waals surface area contributed by atoms with E-state index in [1.54, 1.807) is 226 Å². The second-order valence-corrected chi connectivity index (χ2v) is 20.3. The smallest absolute Gasteiger partial charge is 0.433 e. The van der Waals surface area contributed by atoms with Crippen LogP contribution in [0.2, 0.25) is 0 Å². The SMILES string of the molecule is CC(C)(C)OC(=O)N(Nc1cc(NN(C(=O)OC(C)(C)C)c2ccc(C(=O)c3ccccc3)cc2)cc(NN(C(=O)OC(C)(C)C)c2ccc(C(=O)c3ccccc3)cc2)c1)c1ccc(C(=O)c2ccccc2)cc1. The van der Waals surface area contributed by atoms with Crippen LogP contribution in [-0.4, -0.2) is 52.4 Å². The van der Waals surface area contributed by atoms with Crippen molar-refractivity contribution in [3.05, 3.63) is 215 Å². The zero-order valence-electron chi connectivity index (χ0n) is 43.3. The van der Waals surface area contributed by atoms with Crippen LogP contribution in [0.25, 0.3) is 0 Å². The number of carbonyl (C=O) groups excluding carboxylic acids is 6. The Labute approximate surface area is 436 Å². The number of rotatable bonds is 15. The number of benzene rings is 7. The summed E-state index contributed by atoms with van der Waals surface area (Å²) in [6, 6.07) is 50.4. The van der Waals surface area contributed by atoms with Crippen molar-refractivity contribution in [2.45, 2.75) is 79.1 Å². The fourth-order valence-electron chi connectivity index (χ4n) is 7.33. The highest BCUT2D eigenvalue weighted by Crippen LogP contribution is 2.31. The fourth-order valence-corrected chi connectivity index (χ4v) is 7.33. The molecule has 0 aliphatic rings. The molecule has 0 saturated carbocycles. The highest BCUT2D eigenvalue weighted by Gasteiger charge is 2.29. The second-order valence-electron chi connectivity index (χ2n) is 20.3. The zero-order chi connectivity index (χ0) is 54.1. The van der Waals surface area contributed by atoms with Crippen molar-refractivity contribution in [1.29, 1.82) is 0 Å². The van der Waals surface area contributed by atoms with Gasteiger partial charge in [-0.25, -0.2) is 14.4 Å². The minimum absolute atomic E-state index is 0.215. The lowest BCUT2D eigenvalue weighted by Crippen LogP contribution is -2.42. The van der Waals surface area contributed by atoms with Crippen LogP contribution in [0.1, 0.15) is 110 Å². The molecule has 15 heteroatoms. The van der Waals surface area contributed by atoms with Crippen LogP contribution in [-0.2, 0) is 14.2 Å². The average Bonchev–Trinajstić information content (AvgIpc) is 3.37. The van der Waals surface area contributed by atoms with Gasteiger partial charge in [0.1, 0.15) is 16.8 Å². The monoisotopic (exact) mass is 1010 g/mol. The first-order valence-electron chi connectivity index (χ1n) is 24.1. The van der Waals surface area contributed by atoms with Crippen LogP contribution in [0.3, 0.4) is 0 Å². The van der Waals surface area contributed by atoms with E-state index in [0.717, 1.165) is 15.0 Å². The molecule has 3 amide bonds. The van der Waals surface area contributed by atoms with Gasteiger partial charge in [-0.1, -0.05) is 91.0 Å². The molecule has 0 atom stereocenters. The number of ketones is 3. The molecule has 7 rings (SSSR count). The minimum atomic E-state index is -0.944. The number of anilines is 6. The van der Waals surface area contributed by atoms with E-state index >= 15 is 0 Å². The van der Waals surface area contributed by atoms with E-state index in [4.69, 9.17) is 14.2 Å². The summed E-state index contributed by atoms with van der Waals surface area (Å²) in [4.78, 5) is 82.9. The van der Waals surface area contributed by atoms with E-state index in [-0.39, 0.29) is 34.4 Å². The molecule has 75 heavy (non-hydrogen) atoms. The molecule has 0 aliphatic carbocycles. The van der Waals surface area contributed by atoms with Gasteiger partial charge >= 0.3 is 18.3 Å². The van der Waals surface area contributed by atoms with Crippen LogP contribution >= 0.6 is 0 Å². The summed E-state index contributed by atoms with van der Waals surface area (Å²) >= 11 is 0. The maximum Gasteiger partial charge on any atom is 0.433 e. The van der Waals surface area contributed by atoms with Gasteiger partial charge < -0.3 is 14.2 Å². The summed E-state index contributed by atoms with van der Waals surface area (Å²) in [5.74, 6) is -0.646. The number of hydrogen-bond donors (Lipinski definition) is 3. The molecular formula is C60H60N6O9. The Morgan fingerprint density at radius 2 is 0.507 bits per heavy atom. The van der Waals surface area contributed by atoms with E-state index in [1.807, 2.05) is 18.2 Å². The first-order chi connectivity index (χ1) is 35.5. The lowest BCUT2D eigenvalue weighted by molar-refractivity contribution is 0.0578. The molecule has 0 spiro atoms. The predicted octanol–water partition coefficient (Wildman–Crippen LogP) is 13.7. The number of carbonyl (C=O) groups is 6. The zero-order valence-corrected chi connectivity index (χ0v) is 43.3. The van der Waals surface area contributed by atoms with E-state index in [9.17, 15) is 28.8 Å². The van der Waals surface area contributed by atoms with Crippen molar-refractivity contribution in [2.24, 2.45) is 0 Å². The maximum atomic E-state index is 14.2. The molecular weight excluding hydrogens is 949 g/mol. The molecule has 0 unspecified atom stereocenters. The van der Waals surface area contributed by atoms with Gasteiger partial charge in [0.15, 0.2) is 17.3 Å².